The van der Waals surface area contributed by atoms with Crippen LogP contribution in [0.3, 0.4) is 0 Å². The predicted molar refractivity (Wildman–Crippen MR) is 116 cm³/mol. The number of hydrogen-bond acceptors (Lipinski definition) is 2. The molecule has 0 fully saturated rings. The fraction of sp³-hybridized carbons (Fsp3) is 0.308. The summed E-state index contributed by atoms with van der Waals surface area (Å²) in [5, 5.41) is 0. The highest BCUT2D eigenvalue weighted by atomic mass is 19.4. The molecular weight excluding hydrogens is 515 g/mol. The van der Waals surface area contributed by atoms with E-state index in [1.165, 1.54) is 12.1 Å². The topological polar surface area (TPSA) is 18.5 Å². The van der Waals surface area contributed by atoms with Crippen LogP contribution in [0, 0.1) is 23.3 Å². The molecule has 37 heavy (non-hydrogen) atoms. The summed E-state index contributed by atoms with van der Waals surface area (Å²) in [6.07, 6.45) is -7.71. The van der Waals surface area contributed by atoms with Crippen molar-refractivity contribution in [2.75, 3.05) is 0 Å². The van der Waals surface area contributed by atoms with Crippen LogP contribution in [0.2, 0.25) is 0 Å². The second-order valence-electron chi connectivity index (χ2n) is 8.24. The van der Waals surface area contributed by atoms with E-state index in [9.17, 15) is 39.5 Å². The van der Waals surface area contributed by atoms with Crippen molar-refractivity contribution in [1.82, 2.24) is 0 Å². The second-order valence-corrected chi connectivity index (χ2v) is 8.24. The quantitative estimate of drug-likeness (QED) is 0.242. The second kappa shape index (κ2) is 11.4. The highest BCUT2D eigenvalue weighted by molar-refractivity contribution is 5.34. The number of unbranched alkanes of at least 4 members (excludes halogenated alkanes) is 1. The molecule has 0 radical (unpaired) electrons. The highest BCUT2D eigenvalue weighted by Gasteiger charge is 2.41. The molecule has 0 spiro atoms. The fourth-order valence-corrected chi connectivity index (χ4v) is 3.61. The molecule has 0 aliphatic heterocycles. The van der Waals surface area contributed by atoms with Crippen molar-refractivity contribution in [3.8, 4) is 11.5 Å². The van der Waals surface area contributed by atoms with Crippen molar-refractivity contribution < 1.29 is 49.0 Å². The molecule has 0 unspecified atom stereocenters. The minimum atomic E-state index is -5.26. The van der Waals surface area contributed by atoms with Crippen LogP contribution in [0.25, 0.3) is 0 Å². The summed E-state index contributed by atoms with van der Waals surface area (Å²) in [5.41, 5.74) is -0.726. The van der Waals surface area contributed by atoms with Crippen LogP contribution < -0.4 is 9.47 Å². The van der Waals surface area contributed by atoms with Crippen molar-refractivity contribution in [3.63, 3.8) is 0 Å². The summed E-state index contributed by atoms with van der Waals surface area (Å²) in [6, 6.07) is 8.02. The number of hydrogen-bond donors (Lipinski definition) is 0. The first-order valence-corrected chi connectivity index (χ1v) is 11.2. The maximum Gasteiger partial charge on any atom is 0.573 e. The zero-order valence-corrected chi connectivity index (χ0v) is 19.4. The van der Waals surface area contributed by atoms with Gasteiger partial charge in [0.15, 0.2) is 11.6 Å². The molecule has 0 saturated carbocycles. The van der Waals surface area contributed by atoms with Crippen LogP contribution in [0.4, 0.5) is 39.5 Å². The molecule has 0 heterocycles. The molecule has 0 aromatic heterocycles. The van der Waals surface area contributed by atoms with Crippen LogP contribution in [0.15, 0.2) is 48.5 Å². The van der Waals surface area contributed by atoms with Crippen LogP contribution in [-0.2, 0) is 25.4 Å². The SMILES string of the molecule is CCCCc1cc(F)c(C(F)(F)Oc2ccc(CCc3cc(F)c(OC(F)(F)F)c(F)c3)cc2)c(F)c1. The van der Waals surface area contributed by atoms with Crippen molar-refractivity contribution in [2.24, 2.45) is 0 Å². The summed E-state index contributed by atoms with van der Waals surface area (Å²) in [6.45, 7) is 1.88. The Bertz CT molecular complexity index is 1180. The Morgan fingerprint density at radius 2 is 1.11 bits per heavy atom. The number of ether oxygens (including phenoxy) is 2. The van der Waals surface area contributed by atoms with E-state index in [2.05, 4.69) is 9.47 Å². The summed E-state index contributed by atoms with van der Waals surface area (Å²) in [5.74, 6) is -7.89. The molecule has 3 aromatic carbocycles. The minimum Gasteiger partial charge on any atom is -0.429 e. The summed E-state index contributed by atoms with van der Waals surface area (Å²) < 4.78 is 130. The van der Waals surface area contributed by atoms with Gasteiger partial charge >= 0.3 is 12.5 Å². The van der Waals surface area contributed by atoms with Gasteiger partial charge in [0, 0.05) is 0 Å². The van der Waals surface area contributed by atoms with Gasteiger partial charge in [-0.2, -0.15) is 8.78 Å². The number of benzene rings is 3. The van der Waals surface area contributed by atoms with E-state index in [1.807, 2.05) is 6.92 Å². The predicted octanol–water partition coefficient (Wildman–Crippen LogP) is 8.40. The Morgan fingerprint density at radius 1 is 0.622 bits per heavy atom. The van der Waals surface area contributed by atoms with E-state index >= 15 is 0 Å². The third kappa shape index (κ3) is 7.56. The molecular formula is C26H21F9O2. The maximum absolute atomic E-state index is 14.6. The van der Waals surface area contributed by atoms with Crippen molar-refractivity contribution >= 4 is 0 Å². The van der Waals surface area contributed by atoms with Gasteiger partial charge in [-0.05, 0) is 78.8 Å². The minimum absolute atomic E-state index is 0.00267. The summed E-state index contributed by atoms with van der Waals surface area (Å²) >= 11 is 0. The molecule has 0 amide bonds. The zero-order valence-electron chi connectivity index (χ0n) is 19.4. The molecule has 0 aliphatic rings. The first-order valence-electron chi connectivity index (χ1n) is 11.2. The van der Waals surface area contributed by atoms with Crippen molar-refractivity contribution in [2.45, 2.75) is 51.5 Å². The Balaban J connectivity index is 1.67. The van der Waals surface area contributed by atoms with Gasteiger partial charge in [0.25, 0.3) is 0 Å². The smallest absolute Gasteiger partial charge is 0.429 e. The number of rotatable bonds is 10. The number of aryl methyl sites for hydroxylation is 3. The number of halogens is 9. The molecule has 0 bridgehead atoms. The zero-order chi connectivity index (χ0) is 27.4. The van der Waals surface area contributed by atoms with Crippen molar-refractivity contribution in [3.05, 3.63) is 94.1 Å². The maximum atomic E-state index is 14.6. The summed E-state index contributed by atoms with van der Waals surface area (Å²) in [4.78, 5) is 0. The molecule has 0 atom stereocenters. The van der Waals surface area contributed by atoms with Crippen LogP contribution in [0.5, 0.6) is 11.5 Å². The molecule has 0 N–H and O–H groups in total. The lowest BCUT2D eigenvalue weighted by Crippen LogP contribution is -2.25. The molecule has 3 rings (SSSR count). The van der Waals surface area contributed by atoms with E-state index in [0.717, 1.165) is 30.7 Å². The Kier molecular flexibility index (Phi) is 8.65. The molecule has 0 saturated heterocycles. The van der Waals surface area contributed by atoms with Crippen LogP contribution in [0.1, 0.15) is 42.0 Å². The van der Waals surface area contributed by atoms with Gasteiger partial charge in [-0.3, -0.25) is 0 Å². The normalized spacial score (nSPS) is 12.1. The number of alkyl halides is 5. The van der Waals surface area contributed by atoms with Crippen LogP contribution in [-0.4, -0.2) is 6.36 Å². The third-order valence-electron chi connectivity index (χ3n) is 5.36. The fourth-order valence-electron chi connectivity index (χ4n) is 3.61. The Labute approximate surface area is 206 Å². The average Bonchev–Trinajstić information content (AvgIpc) is 2.78. The first kappa shape index (κ1) is 28.2. The van der Waals surface area contributed by atoms with Gasteiger partial charge in [0.1, 0.15) is 22.9 Å². The molecule has 11 heteroatoms. The van der Waals surface area contributed by atoms with E-state index in [4.69, 9.17) is 0 Å². The molecule has 3 aromatic rings. The molecule has 2 nitrogen and oxygen atoms in total. The Morgan fingerprint density at radius 3 is 1.62 bits per heavy atom. The van der Waals surface area contributed by atoms with E-state index in [0.29, 0.717) is 30.5 Å². The van der Waals surface area contributed by atoms with Gasteiger partial charge in [0.2, 0.25) is 5.75 Å². The lowest BCUT2D eigenvalue weighted by Gasteiger charge is -2.20. The van der Waals surface area contributed by atoms with Crippen LogP contribution >= 0.6 is 0 Å². The van der Waals surface area contributed by atoms with Gasteiger partial charge in [-0.15, -0.1) is 13.2 Å². The highest BCUT2D eigenvalue weighted by Crippen LogP contribution is 2.36. The first-order chi connectivity index (χ1) is 17.3. The van der Waals surface area contributed by atoms with Gasteiger partial charge < -0.3 is 9.47 Å². The van der Waals surface area contributed by atoms with Gasteiger partial charge in [0.05, 0.1) is 0 Å². The van der Waals surface area contributed by atoms with Gasteiger partial charge in [-0.1, -0.05) is 25.5 Å². The molecule has 200 valence electrons. The third-order valence-corrected chi connectivity index (χ3v) is 5.36. The van der Waals surface area contributed by atoms with Crippen molar-refractivity contribution in [1.29, 1.82) is 0 Å². The summed E-state index contributed by atoms with van der Waals surface area (Å²) in [7, 11) is 0. The van der Waals surface area contributed by atoms with Gasteiger partial charge in [-0.25, -0.2) is 17.6 Å². The van der Waals surface area contributed by atoms with E-state index in [1.54, 1.807) is 0 Å². The van der Waals surface area contributed by atoms with E-state index in [-0.39, 0.29) is 24.0 Å². The lowest BCUT2D eigenvalue weighted by molar-refractivity contribution is -0.276. The van der Waals surface area contributed by atoms with E-state index < -0.39 is 52.8 Å². The standard InChI is InChI=1S/C26H21F9O2/c1-2-3-4-16-11-19(27)23(20(28)12-16)25(31,32)36-18-9-7-15(8-10-18)5-6-17-13-21(29)24(22(30)14-17)37-26(33,34)35/h7-14H,2-6H2,1H3. The Hall–Kier alpha value is -3.37. The largest absolute Gasteiger partial charge is 0.573 e. The molecule has 0 aliphatic carbocycles. The average molecular weight is 536 g/mol. The monoisotopic (exact) mass is 536 g/mol. The lowest BCUT2D eigenvalue weighted by atomic mass is 10.0.